The molecule has 0 radical (unpaired) electrons. The van der Waals surface area contributed by atoms with E-state index in [0.29, 0.717) is 35.8 Å². The molecule has 1 aliphatic rings. The summed E-state index contributed by atoms with van der Waals surface area (Å²) in [6.45, 7) is 5.35. The zero-order chi connectivity index (χ0) is 21.5. The molecule has 0 atom stereocenters. The highest BCUT2D eigenvalue weighted by Gasteiger charge is 2.23. The van der Waals surface area contributed by atoms with Gasteiger partial charge in [-0.15, -0.1) is 10.2 Å². The molecule has 0 unspecified atom stereocenters. The number of nitrogens with zero attached hydrogens (tertiary/aromatic N) is 6. The van der Waals surface area contributed by atoms with Gasteiger partial charge in [0.25, 0.3) is 0 Å². The lowest BCUT2D eigenvalue weighted by Gasteiger charge is -2.22. The Morgan fingerprint density at radius 1 is 1.00 bits per heavy atom. The lowest BCUT2D eigenvalue weighted by molar-refractivity contribution is 0.0663. The zero-order valence-corrected chi connectivity index (χ0v) is 17.3. The number of aromatic nitrogens is 6. The Kier molecular flexibility index (Phi) is 4.97. The molecule has 7 nitrogen and oxygen atoms in total. The number of halogens is 2. The zero-order valence-electron chi connectivity index (χ0n) is 17.3. The summed E-state index contributed by atoms with van der Waals surface area (Å²) in [5.74, 6) is -0.413. The van der Waals surface area contributed by atoms with Crippen molar-refractivity contribution in [2.45, 2.75) is 38.6 Å². The molecule has 4 aromatic rings. The van der Waals surface area contributed by atoms with Crippen LogP contribution in [0.1, 0.15) is 44.5 Å². The van der Waals surface area contributed by atoms with Crippen LogP contribution in [0.2, 0.25) is 0 Å². The molecule has 0 amide bonds. The first-order valence-electron chi connectivity index (χ1n) is 10.4. The Morgan fingerprint density at radius 2 is 1.81 bits per heavy atom. The first-order valence-corrected chi connectivity index (χ1v) is 10.4. The molecule has 1 aliphatic heterocycles. The van der Waals surface area contributed by atoms with Crippen LogP contribution >= 0.6 is 0 Å². The molecule has 0 spiro atoms. The van der Waals surface area contributed by atoms with Gasteiger partial charge >= 0.3 is 0 Å². The minimum absolute atomic E-state index is 0.136. The molecular weight excluding hydrogens is 402 g/mol. The van der Waals surface area contributed by atoms with Gasteiger partial charge < -0.3 is 4.74 Å². The van der Waals surface area contributed by atoms with Crippen LogP contribution in [0, 0.1) is 11.6 Å². The number of benzene rings is 1. The molecule has 31 heavy (non-hydrogen) atoms. The van der Waals surface area contributed by atoms with Gasteiger partial charge in [0.2, 0.25) is 0 Å². The van der Waals surface area contributed by atoms with Crippen molar-refractivity contribution in [3.63, 3.8) is 0 Å². The van der Waals surface area contributed by atoms with Crippen molar-refractivity contribution in [1.82, 2.24) is 29.6 Å². The Hall–Kier alpha value is -3.20. The van der Waals surface area contributed by atoms with Gasteiger partial charge in [-0.05, 0) is 37.1 Å². The number of hydrogen-bond acceptors (Lipinski definition) is 5. The normalized spacial score (nSPS) is 15.3. The van der Waals surface area contributed by atoms with Gasteiger partial charge in [0.1, 0.15) is 17.3 Å². The molecule has 1 fully saturated rings. The van der Waals surface area contributed by atoms with Crippen LogP contribution in [-0.4, -0.2) is 42.8 Å². The van der Waals surface area contributed by atoms with Crippen molar-refractivity contribution in [1.29, 1.82) is 0 Å². The monoisotopic (exact) mass is 424 g/mol. The van der Waals surface area contributed by atoms with Crippen molar-refractivity contribution in [2.24, 2.45) is 0 Å². The van der Waals surface area contributed by atoms with E-state index < -0.39 is 11.6 Å². The number of ether oxygens (including phenoxy) is 1. The topological polar surface area (TPSA) is 70.1 Å². The number of fused-ring (bicyclic) bond motifs is 1. The quantitative estimate of drug-likeness (QED) is 0.485. The summed E-state index contributed by atoms with van der Waals surface area (Å²) in [6.07, 6.45) is 3.53. The summed E-state index contributed by atoms with van der Waals surface area (Å²) in [6, 6.07) is 7.33. The molecule has 4 heterocycles. The van der Waals surface area contributed by atoms with E-state index in [-0.39, 0.29) is 17.5 Å². The average molecular weight is 424 g/mol. The molecule has 0 N–H and O–H groups in total. The minimum atomic E-state index is -0.660. The largest absolute Gasteiger partial charge is 0.381 e. The van der Waals surface area contributed by atoms with E-state index in [4.69, 9.17) is 14.9 Å². The maximum atomic E-state index is 14.7. The Bertz CT molecular complexity index is 1240. The molecular formula is C22H22F2N6O. The maximum absolute atomic E-state index is 14.7. The molecule has 5 rings (SSSR count). The predicted octanol–water partition coefficient (Wildman–Crippen LogP) is 4.41. The highest BCUT2D eigenvalue weighted by atomic mass is 19.1. The third kappa shape index (κ3) is 3.59. The summed E-state index contributed by atoms with van der Waals surface area (Å²) < 4.78 is 37.3. The third-order valence-electron chi connectivity index (χ3n) is 5.56. The SMILES string of the molecule is CC(C)c1nnc2ccc(-c3cn(C4CCOCC4)nc3-c3ccc(F)cc3F)nn12. The summed E-state index contributed by atoms with van der Waals surface area (Å²) in [7, 11) is 0. The highest BCUT2D eigenvalue weighted by Crippen LogP contribution is 2.34. The van der Waals surface area contributed by atoms with Gasteiger partial charge in [-0.2, -0.15) is 14.7 Å². The summed E-state index contributed by atoms with van der Waals surface area (Å²) in [5.41, 5.74) is 2.58. The van der Waals surface area contributed by atoms with Crippen molar-refractivity contribution in [2.75, 3.05) is 13.2 Å². The summed E-state index contributed by atoms with van der Waals surface area (Å²) in [5, 5.41) is 17.8. The molecule has 0 saturated carbocycles. The van der Waals surface area contributed by atoms with Gasteiger partial charge in [0.05, 0.1) is 11.7 Å². The van der Waals surface area contributed by atoms with Crippen LogP contribution < -0.4 is 0 Å². The fourth-order valence-electron chi connectivity index (χ4n) is 3.91. The Morgan fingerprint density at radius 3 is 2.55 bits per heavy atom. The second-order valence-electron chi connectivity index (χ2n) is 8.04. The van der Waals surface area contributed by atoms with Crippen molar-refractivity contribution in [3.05, 3.63) is 54.0 Å². The van der Waals surface area contributed by atoms with Crippen molar-refractivity contribution < 1.29 is 13.5 Å². The van der Waals surface area contributed by atoms with Crippen LogP contribution in [0.4, 0.5) is 8.78 Å². The Balaban J connectivity index is 1.68. The lowest BCUT2D eigenvalue weighted by Crippen LogP contribution is -2.19. The van der Waals surface area contributed by atoms with Crippen LogP contribution in [0.25, 0.3) is 28.2 Å². The van der Waals surface area contributed by atoms with E-state index >= 15 is 0 Å². The first kappa shape index (κ1) is 19.7. The van der Waals surface area contributed by atoms with E-state index in [0.717, 1.165) is 24.7 Å². The molecule has 3 aromatic heterocycles. The van der Waals surface area contributed by atoms with E-state index in [2.05, 4.69) is 10.2 Å². The van der Waals surface area contributed by atoms with E-state index in [9.17, 15) is 8.78 Å². The van der Waals surface area contributed by atoms with E-state index in [1.807, 2.05) is 36.9 Å². The smallest absolute Gasteiger partial charge is 0.177 e. The fourth-order valence-corrected chi connectivity index (χ4v) is 3.91. The molecule has 160 valence electrons. The maximum Gasteiger partial charge on any atom is 0.177 e. The van der Waals surface area contributed by atoms with Crippen LogP contribution in [-0.2, 0) is 4.74 Å². The minimum Gasteiger partial charge on any atom is -0.381 e. The molecule has 1 saturated heterocycles. The van der Waals surface area contributed by atoms with Gasteiger partial charge in [0, 0.05) is 42.5 Å². The first-order chi connectivity index (χ1) is 15.0. The summed E-state index contributed by atoms with van der Waals surface area (Å²) >= 11 is 0. The van der Waals surface area contributed by atoms with Gasteiger partial charge in [-0.3, -0.25) is 4.68 Å². The van der Waals surface area contributed by atoms with E-state index in [1.165, 1.54) is 12.1 Å². The molecule has 0 bridgehead atoms. The summed E-state index contributed by atoms with van der Waals surface area (Å²) in [4.78, 5) is 0. The van der Waals surface area contributed by atoms with Gasteiger partial charge in [-0.25, -0.2) is 8.78 Å². The Labute approximate surface area is 177 Å². The van der Waals surface area contributed by atoms with Crippen LogP contribution in [0.3, 0.4) is 0 Å². The van der Waals surface area contributed by atoms with E-state index in [1.54, 1.807) is 4.52 Å². The molecule has 0 aliphatic carbocycles. The number of rotatable bonds is 4. The second-order valence-corrected chi connectivity index (χ2v) is 8.04. The second kappa shape index (κ2) is 7.81. The fraction of sp³-hybridized carbons (Fsp3) is 0.364. The van der Waals surface area contributed by atoms with Gasteiger partial charge in [-0.1, -0.05) is 13.8 Å². The van der Waals surface area contributed by atoms with Gasteiger partial charge in [0.15, 0.2) is 11.5 Å². The molecule has 9 heteroatoms. The average Bonchev–Trinajstić information content (AvgIpc) is 3.38. The van der Waals surface area contributed by atoms with Crippen LogP contribution in [0.5, 0.6) is 0 Å². The predicted molar refractivity (Wildman–Crippen MR) is 111 cm³/mol. The third-order valence-corrected chi connectivity index (χ3v) is 5.56. The van der Waals surface area contributed by atoms with Crippen molar-refractivity contribution >= 4 is 5.65 Å². The molecule has 1 aromatic carbocycles. The standard InChI is InChI=1S/C22H22F2N6O/c1-13(2)22-26-25-20-6-5-19(27-30(20)22)17-12-29(15-7-9-31-10-8-15)28-21(17)16-4-3-14(23)11-18(16)24/h3-6,11-13,15H,7-10H2,1-2H3. The van der Waals surface area contributed by atoms with Crippen LogP contribution in [0.15, 0.2) is 36.5 Å². The van der Waals surface area contributed by atoms with Crippen molar-refractivity contribution in [3.8, 4) is 22.5 Å². The lowest BCUT2D eigenvalue weighted by atomic mass is 10.0. The number of hydrogen-bond donors (Lipinski definition) is 0. The highest BCUT2D eigenvalue weighted by molar-refractivity contribution is 5.79.